The Hall–Kier alpha value is -4.20. The summed E-state index contributed by atoms with van der Waals surface area (Å²) < 4.78 is 19.9. The van der Waals surface area contributed by atoms with E-state index in [1.165, 1.54) is 25.1 Å². The summed E-state index contributed by atoms with van der Waals surface area (Å²) in [5.74, 6) is -2.39. The molecule has 3 N–H and O–H groups in total. The van der Waals surface area contributed by atoms with Crippen molar-refractivity contribution in [3.8, 4) is 5.75 Å². The number of carbonyl (C=O) groups excluding carboxylic acids is 2. The maximum Gasteiger partial charge on any atom is 0.326 e. The highest BCUT2D eigenvalue weighted by Crippen LogP contribution is 2.17. The fourth-order valence-electron chi connectivity index (χ4n) is 3.55. The molecule has 3 aromatic rings. The van der Waals surface area contributed by atoms with Gasteiger partial charge in [0.2, 0.25) is 11.8 Å². The first-order chi connectivity index (χ1) is 16.8. The van der Waals surface area contributed by atoms with Crippen molar-refractivity contribution in [2.75, 3.05) is 0 Å². The van der Waals surface area contributed by atoms with Crippen LogP contribution in [-0.2, 0) is 33.8 Å². The Bertz CT molecular complexity index is 1170. The molecule has 0 bridgehead atoms. The first-order valence-corrected chi connectivity index (χ1v) is 11.1. The molecule has 0 aliphatic carbocycles. The third-order valence-corrected chi connectivity index (χ3v) is 5.28. The Labute approximate surface area is 202 Å². The smallest absolute Gasteiger partial charge is 0.326 e. The van der Waals surface area contributed by atoms with E-state index in [9.17, 15) is 23.9 Å². The molecule has 0 aliphatic rings. The Kier molecular flexibility index (Phi) is 8.95. The van der Waals surface area contributed by atoms with Gasteiger partial charge in [-0.15, -0.1) is 0 Å². The predicted octanol–water partition coefficient (Wildman–Crippen LogP) is 3.26. The van der Waals surface area contributed by atoms with Crippen LogP contribution in [-0.4, -0.2) is 35.0 Å². The lowest BCUT2D eigenvalue weighted by Gasteiger charge is -2.21. The van der Waals surface area contributed by atoms with Gasteiger partial charge in [0.1, 0.15) is 30.3 Å². The molecule has 0 spiro atoms. The minimum atomic E-state index is -1.26. The van der Waals surface area contributed by atoms with Gasteiger partial charge < -0.3 is 20.5 Å². The van der Waals surface area contributed by atoms with Gasteiger partial charge in [-0.1, -0.05) is 60.7 Å². The number of amides is 2. The number of carbonyl (C=O) groups is 3. The molecular formula is C27H27FN2O5. The van der Waals surface area contributed by atoms with E-state index >= 15 is 0 Å². The number of halogens is 1. The zero-order valence-corrected chi connectivity index (χ0v) is 19.2. The molecule has 2 atom stereocenters. The van der Waals surface area contributed by atoms with E-state index in [1.807, 2.05) is 30.3 Å². The standard InChI is InChI=1S/C27H27FN2O5/c1-18(31)29-24(16-21-11-5-6-13-23(21)28)26(32)30-25(27(33)34)15-20-10-7-12-22(14-20)35-17-19-8-3-2-4-9-19/h2-14,24-25H,15-17H2,1H3,(H,29,31)(H,30,32)(H,33,34)/t24-,25-/m0/s1. The highest BCUT2D eigenvalue weighted by atomic mass is 19.1. The summed E-state index contributed by atoms with van der Waals surface area (Å²) in [5, 5.41) is 14.7. The van der Waals surface area contributed by atoms with Gasteiger partial charge in [-0.05, 0) is 34.9 Å². The highest BCUT2D eigenvalue weighted by Gasteiger charge is 2.27. The monoisotopic (exact) mass is 478 g/mol. The highest BCUT2D eigenvalue weighted by molar-refractivity contribution is 5.90. The van der Waals surface area contributed by atoms with Crippen LogP contribution in [0.5, 0.6) is 5.75 Å². The van der Waals surface area contributed by atoms with Gasteiger partial charge >= 0.3 is 5.97 Å². The molecule has 35 heavy (non-hydrogen) atoms. The topological polar surface area (TPSA) is 105 Å². The molecule has 0 saturated carbocycles. The predicted molar refractivity (Wildman–Crippen MR) is 128 cm³/mol. The number of rotatable bonds is 11. The molecule has 0 heterocycles. The molecule has 3 aromatic carbocycles. The van der Waals surface area contributed by atoms with Gasteiger partial charge in [-0.2, -0.15) is 0 Å². The maximum absolute atomic E-state index is 14.1. The van der Waals surface area contributed by atoms with Crippen LogP contribution in [0.3, 0.4) is 0 Å². The number of benzene rings is 3. The number of carboxylic acid groups (broad SMARTS) is 1. The molecular weight excluding hydrogens is 451 g/mol. The Morgan fingerprint density at radius 1 is 0.857 bits per heavy atom. The van der Waals surface area contributed by atoms with Crippen LogP contribution < -0.4 is 15.4 Å². The number of hydrogen-bond acceptors (Lipinski definition) is 4. The van der Waals surface area contributed by atoms with Crippen molar-refractivity contribution >= 4 is 17.8 Å². The van der Waals surface area contributed by atoms with E-state index in [1.54, 1.807) is 30.3 Å². The first-order valence-electron chi connectivity index (χ1n) is 11.1. The molecule has 0 aromatic heterocycles. The lowest BCUT2D eigenvalue weighted by molar-refractivity contribution is -0.142. The zero-order chi connectivity index (χ0) is 25.2. The lowest BCUT2D eigenvalue weighted by Crippen LogP contribution is -2.52. The second-order valence-electron chi connectivity index (χ2n) is 8.07. The van der Waals surface area contributed by atoms with Crippen molar-refractivity contribution < 1.29 is 28.6 Å². The van der Waals surface area contributed by atoms with Crippen molar-refractivity contribution in [2.24, 2.45) is 0 Å². The number of nitrogens with one attached hydrogen (secondary N) is 2. The van der Waals surface area contributed by atoms with Gasteiger partial charge in [0.15, 0.2) is 0 Å². The molecule has 182 valence electrons. The maximum atomic E-state index is 14.1. The largest absolute Gasteiger partial charge is 0.489 e. The summed E-state index contributed by atoms with van der Waals surface area (Å²) in [6.45, 7) is 1.59. The van der Waals surface area contributed by atoms with Crippen molar-refractivity contribution in [2.45, 2.75) is 38.5 Å². The first kappa shape index (κ1) is 25.4. The van der Waals surface area contributed by atoms with Gasteiger partial charge in [0, 0.05) is 19.8 Å². The Morgan fingerprint density at radius 2 is 1.54 bits per heavy atom. The normalized spacial score (nSPS) is 12.3. The van der Waals surface area contributed by atoms with E-state index in [4.69, 9.17) is 4.74 Å². The minimum absolute atomic E-state index is 0.00387. The van der Waals surface area contributed by atoms with Crippen molar-refractivity contribution in [1.82, 2.24) is 10.6 Å². The fraction of sp³-hybridized carbons (Fsp3) is 0.222. The van der Waals surface area contributed by atoms with Crippen molar-refractivity contribution in [3.63, 3.8) is 0 Å². The third kappa shape index (κ3) is 7.96. The van der Waals surface area contributed by atoms with E-state index in [0.29, 0.717) is 17.9 Å². The summed E-state index contributed by atoms with van der Waals surface area (Å²) in [4.78, 5) is 36.4. The second kappa shape index (κ2) is 12.3. The SMILES string of the molecule is CC(=O)N[C@@H](Cc1ccccc1F)C(=O)N[C@@H](Cc1cccc(OCc2ccccc2)c1)C(=O)O. The van der Waals surface area contributed by atoms with Crippen LogP contribution in [0.1, 0.15) is 23.6 Å². The van der Waals surface area contributed by atoms with E-state index in [2.05, 4.69) is 10.6 Å². The molecule has 7 nitrogen and oxygen atoms in total. The summed E-state index contributed by atoms with van der Waals surface area (Å²) in [6.07, 6.45) is -0.122. The molecule has 0 unspecified atom stereocenters. The quantitative estimate of drug-likeness (QED) is 0.392. The summed E-state index contributed by atoms with van der Waals surface area (Å²) in [7, 11) is 0. The molecule has 2 amide bonds. The number of aliphatic carboxylic acids is 1. The van der Waals surface area contributed by atoms with E-state index in [-0.39, 0.29) is 18.4 Å². The summed E-state index contributed by atoms with van der Waals surface area (Å²) in [6, 6.07) is 20.1. The lowest BCUT2D eigenvalue weighted by atomic mass is 10.0. The van der Waals surface area contributed by atoms with Gasteiger partial charge in [-0.3, -0.25) is 9.59 Å². The van der Waals surface area contributed by atoms with Crippen LogP contribution in [0.4, 0.5) is 4.39 Å². The fourth-order valence-corrected chi connectivity index (χ4v) is 3.55. The Balaban J connectivity index is 1.68. The average Bonchev–Trinajstić information content (AvgIpc) is 2.84. The van der Waals surface area contributed by atoms with Crippen molar-refractivity contribution in [3.05, 3.63) is 101 Å². The molecule has 8 heteroatoms. The molecule has 0 radical (unpaired) electrons. The van der Waals surface area contributed by atoms with Crippen LogP contribution in [0.15, 0.2) is 78.9 Å². The van der Waals surface area contributed by atoms with Crippen LogP contribution in [0.2, 0.25) is 0 Å². The molecule has 0 fully saturated rings. The third-order valence-electron chi connectivity index (χ3n) is 5.28. The van der Waals surface area contributed by atoms with Gasteiger partial charge in [-0.25, -0.2) is 9.18 Å². The van der Waals surface area contributed by atoms with E-state index in [0.717, 1.165) is 5.56 Å². The van der Waals surface area contributed by atoms with Crippen LogP contribution >= 0.6 is 0 Å². The number of hydrogen-bond donors (Lipinski definition) is 3. The van der Waals surface area contributed by atoms with Crippen molar-refractivity contribution in [1.29, 1.82) is 0 Å². The van der Waals surface area contributed by atoms with Gasteiger partial charge in [0.25, 0.3) is 0 Å². The summed E-state index contributed by atoms with van der Waals surface area (Å²) in [5.41, 5.74) is 1.87. The van der Waals surface area contributed by atoms with Gasteiger partial charge in [0.05, 0.1) is 0 Å². The molecule has 3 rings (SSSR count). The summed E-state index contributed by atoms with van der Waals surface area (Å²) >= 11 is 0. The van der Waals surface area contributed by atoms with E-state index < -0.39 is 35.7 Å². The minimum Gasteiger partial charge on any atom is -0.489 e. The number of ether oxygens (including phenoxy) is 1. The average molecular weight is 479 g/mol. The van der Waals surface area contributed by atoms with Crippen LogP contribution in [0, 0.1) is 5.82 Å². The number of carboxylic acids is 1. The molecule has 0 saturated heterocycles. The van der Waals surface area contributed by atoms with Crippen LogP contribution in [0.25, 0.3) is 0 Å². The zero-order valence-electron chi connectivity index (χ0n) is 19.2. The Morgan fingerprint density at radius 3 is 2.23 bits per heavy atom. The second-order valence-corrected chi connectivity index (χ2v) is 8.07. The molecule has 0 aliphatic heterocycles.